The van der Waals surface area contributed by atoms with E-state index >= 15 is 0 Å². The van der Waals surface area contributed by atoms with Gasteiger partial charge in [0.05, 0.1) is 17.7 Å². The molecule has 4 aromatic rings. The second-order valence-corrected chi connectivity index (χ2v) is 12.2. The molecular weight excluding hydrogens is 601 g/mol. The number of hydrazone groups is 1. The molecule has 4 rings (SSSR count). The molecule has 0 atom stereocenters. The number of sulfonamides is 1. The number of rotatable bonds is 11. The Hall–Kier alpha value is -4.30. The normalized spacial score (nSPS) is 12.1. The summed E-state index contributed by atoms with van der Waals surface area (Å²) in [5.41, 5.74) is 6.88. The summed E-state index contributed by atoms with van der Waals surface area (Å²) < 4.78 is 69.7. The largest absolute Gasteiger partial charge is 0.573 e. The summed E-state index contributed by atoms with van der Waals surface area (Å²) in [6, 6.07) is 20.0. The molecule has 2 N–H and O–H groups in total. The molecule has 0 bridgehead atoms. The first-order valence-electron chi connectivity index (χ1n) is 13.2. The third-order valence-corrected chi connectivity index (χ3v) is 7.64. The highest BCUT2D eigenvalue weighted by atomic mass is 32.2. The first-order chi connectivity index (χ1) is 20.3. The van der Waals surface area contributed by atoms with Crippen LogP contribution < -0.4 is 14.9 Å². The molecule has 0 spiro atoms. The SMILES string of the molecule is CCS(=O)(=O)Nc1nc(-c2ccc(C=NNC(=S)Cc3ccccc3C(C)C)cc2)nn1-c1ccc(OC(F)(F)F)cc1. The summed E-state index contributed by atoms with van der Waals surface area (Å²) in [5, 5.41) is 8.64. The van der Waals surface area contributed by atoms with E-state index in [1.165, 1.54) is 29.3 Å². The summed E-state index contributed by atoms with van der Waals surface area (Å²) >= 11 is 5.46. The van der Waals surface area contributed by atoms with Crippen LogP contribution in [0.25, 0.3) is 17.1 Å². The van der Waals surface area contributed by atoms with Crippen molar-refractivity contribution in [2.45, 2.75) is 39.5 Å². The number of halogens is 3. The third-order valence-electron chi connectivity index (χ3n) is 6.15. The summed E-state index contributed by atoms with van der Waals surface area (Å²) in [4.78, 5) is 4.91. The van der Waals surface area contributed by atoms with E-state index in [2.05, 4.69) is 56.0 Å². The minimum absolute atomic E-state index is 0.122. The number of aromatic nitrogens is 3. The Morgan fingerprint density at radius 3 is 2.37 bits per heavy atom. The monoisotopic (exact) mass is 630 g/mol. The molecule has 0 unspecified atom stereocenters. The van der Waals surface area contributed by atoms with Crippen molar-refractivity contribution in [2.75, 3.05) is 10.5 Å². The van der Waals surface area contributed by atoms with Crippen molar-refractivity contribution in [3.05, 3.63) is 89.5 Å². The number of alkyl halides is 3. The summed E-state index contributed by atoms with van der Waals surface area (Å²) in [7, 11) is -3.74. The maximum atomic E-state index is 12.6. The Bertz CT molecular complexity index is 1700. The molecule has 14 heteroatoms. The van der Waals surface area contributed by atoms with Crippen LogP contribution in [0.5, 0.6) is 5.75 Å². The summed E-state index contributed by atoms with van der Waals surface area (Å²) in [6.45, 7) is 5.73. The second kappa shape index (κ2) is 13.3. The fourth-order valence-electron chi connectivity index (χ4n) is 4.05. The number of benzene rings is 3. The molecule has 0 amide bonds. The van der Waals surface area contributed by atoms with Gasteiger partial charge in [0.15, 0.2) is 5.82 Å². The fourth-order valence-corrected chi connectivity index (χ4v) is 4.81. The number of nitrogens with zero attached hydrogens (tertiary/aromatic N) is 4. The summed E-state index contributed by atoms with van der Waals surface area (Å²) in [5.74, 6) is -0.202. The van der Waals surface area contributed by atoms with Crippen LogP contribution in [0, 0.1) is 0 Å². The number of nitrogens with one attached hydrogen (secondary N) is 2. The first-order valence-corrected chi connectivity index (χ1v) is 15.2. The van der Waals surface area contributed by atoms with E-state index in [-0.39, 0.29) is 23.2 Å². The molecule has 0 aliphatic rings. The molecule has 226 valence electrons. The van der Waals surface area contributed by atoms with Crippen LogP contribution in [0.15, 0.2) is 77.9 Å². The number of ether oxygens (including phenoxy) is 1. The lowest BCUT2D eigenvalue weighted by Gasteiger charge is -2.12. The molecule has 0 aliphatic heterocycles. The molecule has 0 aliphatic carbocycles. The van der Waals surface area contributed by atoms with E-state index in [0.717, 1.165) is 23.3 Å². The highest BCUT2D eigenvalue weighted by Crippen LogP contribution is 2.26. The number of hydrogen-bond donors (Lipinski definition) is 2. The van der Waals surface area contributed by atoms with Gasteiger partial charge >= 0.3 is 6.36 Å². The van der Waals surface area contributed by atoms with Gasteiger partial charge in [0.2, 0.25) is 16.0 Å². The maximum absolute atomic E-state index is 12.6. The molecule has 0 saturated heterocycles. The quantitative estimate of drug-likeness (QED) is 0.115. The molecular formula is C29H29F3N6O3S2. The van der Waals surface area contributed by atoms with Gasteiger partial charge in [0, 0.05) is 12.0 Å². The van der Waals surface area contributed by atoms with Gasteiger partial charge in [-0.3, -0.25) is 10.1 Å². The van der Waals surface area contributed by atoms with Gasteiger partial charge in [-0.05, 0) is 53.8 Å². The van der Waals surface area contributed by atoms with Gasteiger partial charge < -0.3 is 4.74 Å². The van der Waals surface area contributed by atoms with Crippen LogP contribution in [0.3, 0.4) is 0 Å². The van der Waals surface area contributed by atoms with Gasteiger partial charge in [-0.1, -0.05) is 74.6 Å². The van der Waals surface area contributed by atoms with E-state index < -0.39 is 22.1 Å². The van der Waals surface area contributed by atoms with Gasteiger partial charge in [-0.25, -0.2) is 8.42 Å². The number of anilines is 1. The zero-order valence-corrected chi connectivity index (χ0v) is 25.1. The van der Waals surface area contributed by atoms with Crippen LogP contribution in [0.4, 0.5) is 19.1 Å². The lowest BCUT2D eigenvalue weighted by molar-refractivity contribution is -0.274. The van der Waals surface area contributed by atoms with E-state index in [0.29, 0.717) is 22.9 Å². The average Bonchev–Trinajstić information content (AvgIpc) is 3.36. The Labute approximate surface area is 252 Å². The Balaban J connectivity index is 1.50. The van der Waals surface area contributed by atoms with Gasteiger partial charge in [-0.2, -0.15) is 14.8 Å². The average molecular weight is 631 g/mol. The van der Waals surface area contributed by atoms with Crippen LogP contribution in [0.2, 0.25) is 0 Å². The summed E-state index contributed by atoms with van der Waals surface area (Å²) in [6.07, 6.45) is -2.67. The topological polar surface area (TPSA) is 111 Å². The molecule has 1 aromatic heterocycles. The van der Waals surface area contributed by atoms with Gasteiger partial charge in [-0.15, -0.1) is 18.3 Å². The second-order valence-electron chi connectivity index (χ2n) is 9.66. The van der Waals surface area contributed by atoms with Crippen LogP contribution in [-0.4, -0.2) is 46.5 Å². The standard InChI is InChI=1S/C29H29F3N6O3S2/c1-4-43(39,40)37-28-34-27(36-38(28)23-13-15-24(16-14-23)41-29(30,31)32)21-11-9-20(10-12-21)18-33-35-26(42)17-22-7-5-6-8-25(22)19(2)3/h5-16,18-19H,4,17H2,1-3H3,(H,35,42)(H,34,36,37). The minimum atomic E-state index is -4.84. The van der Waals surface area contributed by atoms with Crippen molar-refractivity contribution in [2.24, 2.45) is 5.10 Å². The number of hydrogen-bond acceptors (Lipinski definition) is 7. The Morgan fingerprint density at radius 2 is 1.74 bits per heavy atom. The van der Waals surface area contributed by atoms with Gasteiger partial charge in [0.25, 0.3) is 0 Å². The molecule has 3 aromatic carbocycles. The molecule has 0 saturated carbocycles. The predicted molar refractivity (Wildman–Crippen MR) is 164 cm³/mol. The van der Waals surface area contributed by atoms with Crippen LogP contribution in [-0.2, 0) is 16.4 Å². The van der Waals surface area contributed by atoms with Crippen LogP contribution in [0.1, 0.15) is 43.4 Å². The van der Waals surface area contributed by atoms with E-state index in [9.17, 15) is 21.6 Å². The highest BCUT2D eigenvalue weighted by Gasteiger charge is 2.31. The number of thiocarbonyl (C=S) groups is 1. The lowest BCUT2D eigenvalue weighted by atomic mass is 9.95. The van der Waals surface area contributed by atoms with Crippen molar-refractivity contribution in [3.63, 3.8) is 0 Å². The highest BCUT2D eigenvalue weighted by molar-refractivity contribution is 7.92. The molecule has 43 heavy (non-hydrogen) atoms. The zero-order valence-electron chi connectivity index (χ0n) is 23.5. The lowest BCUT2D eigenvalue weighted by Crippen LogP contribution is -2.18. The Kier molecular flexibility index (Phi) is 9.81. The zero-order chi connectivity index (χ0) is 31.2. The van der Waals surface area contributed by atoms with Crippen molar-refractivity contribution < 1.29 is 26.3 Å². The van der Waals surface area contributed by atoms with Crippen molar-refractivity contribution in [1.29, 1.82) is 0 Å². The molecule has 0 radical (unpaired) electrons. The molecule has 0 fully saturated rings. The molecule has 9 nitrogen and oxygen atoms in total. The third kappa shape index (κ3) is 8.85. The smallest absolute Gasteiger partial charge is 0.406 e. The van der Waals surface area contributed by atoms with E-state index in [1.807, 2.05) is 12.1 Å². The minimum Gasteiger partial charge on any atom is -0.406 e. The van der Waals surface area contributed by atoms with E-state index in [1.54, 1.807) is 30.5 Å². The van der Waals surface area contributed by atoms with Crippen molar-refractivity contribution in [3.8, 4) is 22.8 Å². The van der Waals surface area contributed by atoms with Gasteiger partial charge in [0.1, 0.15) is 10.7 Å². The fraction of sp³-hybridized carbons (Fsp3) is 0.241. The molecule has 1 heterocycles. The van der Waals surface area contributed by atoms with Crippen LogP contribution >= 0.6 is 12.2 Å². The predicted octanol–water partition coefficient (Wildman–Crippen LogP) is 6.21. The Morgan fingerprint density at radius 1 is 1.07 bits per heavy atom. The maximum Gasteiger partial charge on any atom is 0.573 e. The first kappa shape index (κ1) is 31.6. The van der Waals surface area contributed by atoms with Crippen molar-refractivity contribution in [1.82, 2.24) is 20.2 Å². The van der Waals surface area contributed by atoms with Crippen molar-refractivity contribution >= 4 is 39.4 Å². The van der Waals surface area contributed by atoms with E-state index in [4.69, 9.17) is 12.2 Å².